The lowest BCUT2D eigenvalue weighted by Crippen LogP contribution is -2.44. The summed E-state index contributed by atoms with van der Waals surface area (Å²) >= 11 is 0. The molecule has 2 aromatic rings. The van der Waals surface area contributed by atoms with E-state index in [1.807, 2.05) is 31.2 Å². The second-order valence-electron chi connectivity index (χ2n) is 8.42. The standard InChI is InChI=1S/C23H27N3O5S/c1-14-6-8-18(9-7-14)24-23(28)17-5-4-10-26(13-17)32(29,30)21-12-20-19(11-15(21)2)25-22(27)16(3)31-20/h6-9,11-12,16-17H,4-5,10,13H2,1-3H3,(H,24,28)(H,25,27)/t16-,17-/m1/s1. The van der Waals surface area contributed by atoms with Crippen molar-refractivity contribution in [3.63, 3.8) is 0 Å². The minimum absolute atomic E-state index is 0.116. The predicted molar refractivity (Wildman–Crippen MR) is 121 cm³/mol. The zero-order valence-electron chi connectivity index (χ0n) is 18.3. The van der Waals surface area contributed by atoms with Gasteiger partial charge in [0.2, 0.25) is 15.9 Å². The van der Waals surface area contributed by atoms with E-state index in [1.165, 1.54) is 10.4 Å². The minimum atomic E-state index is -3.84. The molecule has 2 aliphatic rings. The van der Waals surface area contributed by atoms with Gasteiger partial charge in [-0.3, -0.25) is 9.59 Å². The summed E-state index contributed by atoms with van der Waals surface area (Å²) in [4.78, 5) is 24.8. The van der Waals surface area contributed by atoms with Gasteiger partial charge in [0.25, 0.3) is 5.91 Å². The van der Waals surface area contributed by atoms with Crippen molar-refractivity contribution in [3.8, 4) is 5.75 Å². The number of hydrogen-bond donors (Lipinski definition) is 2. The lowest BCUT2D eigenvalue weighted by atomic mass is 9.98. The van der Waals surface area contributed by atoms with E-state index in [1.54, 1.807) is 19.9 Å². The number of carbonyl (C=O) groups is 2. The molecule has 2 heterocycles. The van der Waals surface area contributed by atoms with Gasteiger partial charge in [0, 0.05) is 24.8 Å². The van der Waals surface area contributed by atoms with Crippen LogP contribution in [0.2, 0.25) is 0 Å². The van der Waals surface area contributed by atoms with E-state index >= 15 is 0 Å². The molecule has 4 rings (SSSR count). The largest absolute Gasteiger partial charge is 0.479 e. The fraction of sp³-hybridized carbons (Fsp3) is 0.391. The summed E-state index contributed by atoms with van der Waals surface area (Å²) in [7, 11) is -3.84. The van der Waals surface area contributed by atoms with Crippen molar-refractivity contribution in [2.24, 2.45) is 5.92 Å². The summed E-state index contributed by atoms with van der Waals surface area (Å²) in [5.41, 5.74) is 2.75. The number of rotatable bonds is 4. The van der Waals surface area contributed by atoms with Crippen molar-refractivity contribution in [3.05, 3.63) is 47.5 Å². The predicted octanol–water partition coefficient (Wildman–Crippen LogP) is 3.06. The van der Waals surface area contributed by atoms with E-state index in [2.05, 4.69) is 10.6 Å². The molecule has 32 heavy (non-hydrogen) atoms. The molecule has 0 bridgehead atoms. The maximum absolute atomic E-state index is 13.5. The first-order valence-corrected chi connectivity index (χ1v) is 12.1. The Bertz CT molecular complexity index is 1160. The summed E-state index contributed by atoms with van der Waals surface area (Å²) in [6.45, 7) is 5.72. The minimum Gasteiger partial charge on any atom is -0.479 e. The molecule has 0 aliphatic carbocycles. The second-order valence-corrected chi connectivity index (χ2v) is 10.3. The number of anilines is 2. The Labute approximate surface area is 188 Å². The Morgan fingerprint density at radius 1 is 1.19 bits per heavy atom. The molecular formula is C23H27N3O5S. The molecule has 0 saturated carbocycles. The van der Waals surface area contributed by atoms with Gasteiger partial charge in [-0.05, 0) is 57.4 Å². The number of piperidine rings is 1. The number of benzene rings is 2. The van der Waals surface area contributed by atoms with Crippen LogP contribution in [-0.2, 0) is 19.6 Å². The normalized spacial score (nSPS) is 21.3. The molecule has 2 amide bonds. The molecule has 2 aromatic carbocycles. The Morgan fingerprint density at radius 3 is 2.62 bits per heavy atom. The summed E-state index contributed by atoms with van der Waals surface area (Å²) < 4.78 is 33.9. The molecule has 170 valence electrons. The van der Waals surface area contributed by atoms with Crippen LogP contribution in [-0.4, -0.2) is 43.7 Å². The van der Waals surface area contributed by atoms with Crippen molar-refractivity contribution in [1.82, 2.24) is 4.31 Å². The average Bonchev–Trinajstić information content (AvgIpc) is 2.76. The lowest BCUT2D eigenvalue weighted by molar-refractivity contribution is -0.123. The van der Waals surface area contributed by atoms with Crippen LogP contribution in [0, 0.1) is 19.8 Å². The number of nitrogens with zero attached hydrogens (tertiary/aromatic N) is 1. The molecule has 9 heteroatoms. The van der Waals surface area contributed by atoms with Crippen LogP contribution in [0.4, 0.5) is 11.4 Å². The molecule has 1 saturated heterocycles. The molecule has 0 aromatic heterocycles. The molecule has 0 unspecified atom stereocenters. The van der Waals surface area contributed by atoms with Crippen LogP contribution in [0.15, 0.2) is 41.3 Å². The number of nitrogens with one attached hydrogen (secondary N) is 2. The maximum atomic E-state index is 13.5. The fourth-order valence-corrected chi connectivity index (χ4v) is 5.76. The smallest absolute Gasteiger partial charge is 0.265 e. The zero-order chi connectivity index (χ0) is 23.0. The van der Waals surface area contributed by atoms with E-state index in [0.29, 0.717) is 42.1 Å². The number of aryl methyl sites for hydroxylation is 2. The Hall–Kier alpha value is -2.91. The molecule has 1 fully saturated rings. The van der Waals surface area contributed by atoms with E-state index in [9.17, 15) is 18.0 Å². The number of fused-ring (bicyclic) bond motifs is 1. The van der Waals surface area contributed by atoms with Crippen LogP contribution in [0.5, 0.6) is 5.75 Å². The van der Waals surface area contributed by atoms with E-state index in [-0.39, 0.29) is 23.3 Å². The molecule has 0 spiro atoms. The highest BCUT2D eigenvalue weighted by molar-refractivity contribution is 7.89. The molecule has 2 atom stereocenters. The van der Waals surface area contributed by atoms with E-state index < -0.39 is 22.0 Å². The number of amides is 2. The van der Waals surface area contributed by atoms with Gasteiger partial charge in [-0.1, -0.05) is 17.7 Å². The quantitative estimate of drug-likeness (QED) is 0.734. The summed E-state index contributed by atoms with van der Waals surface area (Å²) in [5.74, 6) is -0.568. The van der Waals surface area contributed by atoms with Crippen molar-refractivity contribution >= 4 is 33.2 Å². The van der Waals surface area contributed by atoms with Gasteiger partial charge in [-0.15, -0.1) is 0 Å². The number of hydrogen-bond acceptors (Lipinski definition) is 5. The van der Waals surface area contributed by atoms with Gasteiger partial charge >= 0.3 is 0 Å². The van der Waals surface area contributed by atoms with Crippen LogP contribution in [0.3, 0.4) is 0 Å². The van der Waals surface area contributed by atoms with Crippen molar-refractivity contribution < 1.29 is 22.7 Å². The number of ether oxygens (including phenoxy) is 1. The monoisotopic (exact) mass is 457 g/mol. The number of carbonyl (C=O) groups excluding carboxylic acids is 2. The zero-order valence-corrected chi connectivity index (χ0v) is 19.2. The SMILES string of the molecule is Cc1ccc(NC(=O)[C@@H]2CCCN(S(=O)(=O)c3cc4c(cc3C)NC(=O)[C@@H](C)O4)C2)cc1. The van der Waals surface area contributed by atoms with Gasteiger partial charge in [-0.25, -0.2) is 8.42 Å². The highest BCUT2D eigenvalue weighted by atomic mass is 32.2. The Balaban J connectivity index is 1.54. The summed E-state index contributed by atoms with van der Waals surface area (Å²) in [6.07, 6.45) is 0.517. The van der Waals surface area contributed by atoms with Gasteiger partial charge < -0.3 is 15.4 Å². The second kappa shape index (κ2) is 8.55. The van der Waals surface area contributed by atoms with Crippen LogP contribution in [0.1, 0.15) is 30.9 Å². The van der Waals surface area contributed by atoms with Gasteiger partial charge in [0.1, 0.15) is 5.75 Å². The highest BCUT2D eigenvalue weighted by Crippen LogP contribution is 2.36. The average molecular weight is 458 g/mol. The third kappa shape index (κ3) is 4.35. The molecule has 2 N–H and O–H groups in total. The van der Waals surface area contributed by atoms with Crippen LogP contribution >= 0.6 is 0 Å². The summed E-state index contributed by atoms with van der Waals surface area (Å²) in [6, 6.07) is 10.6. The first kappa shape index (κ1) is 22.3. The summed E-state index contributed by atoms with van der Waals surface area (Å²) in [5, 5.41) is 5.62. The third-order valence-electron chi connectivity index (χ3n) is 5.90. The Morgan fingerprint density at radius 2 is 1.91 bits per heavy atom. The Kier molecular flexibility index (Phi) is 5.96. The third-order valence-corrected chi connectivity index (χ3v) is 7.91. The van der Waals surface area contributed by atoms with E-state index in [4.69, 9.17) is 4.74 Å². The van der Waals surface area contributed by atoms with Gasteiger partial charge in [-0.2, -0.15) is 4.31 Å². The molecule has 8 nitrogen and oxygen atoms in total. The topological polar surface area (TPSA) is 105 Å². The highest BCUT2D eigenvalue weighted by Gasteiger charge is 2.35. The van der Waals surface area contributed by atoms with Crippen LogP contribution in [0.25, 0.3) is 0 Å². The first-order valence-electron chi connectivity index (χ1n) is 10.6. The van der Waals surface area contributed by atoms with Gasteiger partial charge in [0.15, 0.2) is 6.10 Å². The fourth-order valence-electron chi connectivity index (χ4n) is 4.02. The number of sulfonamides is 1. The van der Waals surface area contributed by atoms with Crippen LogP contribution < -0.4 is 15.4 Å². The first-order chi connectivity index (χ1) is 15.1. The van der Waals surface area contributed by atoms with Crippen molar-refractivity contribution in [2.75, 3.05) is 23.7 Å². The molecular weight excluding hydrogens is 430 g/mol. The molecule has 2 aliphatic heterocycles. The van der Waals surface area contributed by atoms with Gasteiger partial charge in [0.05, 0.1) is 16.5 Å². The lowest BCUT2D eigenvalue weighted by Gasteiger charge is -2.32. The molecule has 0 radical (unpaired) electrons. The maximum Gasteiger partial charge on any atom is 0.265 e. The van der Waals surface area contributed by atoms with Crippen molar-refractivity contribution in [2.45, 2.75) is 44.6 Å². The van der Waals surface area contributed by atoms with E-state index in [0.717, 1.165) is 5.56 Å². The van der Waals surface area contributed by atoms with Crippen molar-refractivity contribution in [1.29, 1.82) is 0 Å².